The molecule has 1 atom stereocenters. The lowest BCUT2D eigenvalue weighted by atomic mass is 9.98. The van der Waals surface area contributed by atoms with Gasteiger partial charge in [0.25, 0.3) is 0 Å². The maximum Gasteiger partial charge on any atom is 0.0153 e. The molecular formula is C25H48N4. The number of nitrogens with two attached hydrogens (primary N) is 1. The van der Waals surface area contributed by atoms with Crippen molar-refractivity contribution in [1.29, 1.82) is 0 Å². The molecule has 4 heteroatoms. The largest absolute Gasteiger partial charge is 0.391 e. The minimum Gasteiger partial charge on any atom is -0.391 e. The highest BCUT2D eigenvalue weighted by molar-refractivity contribution is 5.15. The van der Waals surface area contributed by atoms with Crippen LogP contribution >= 0.6 is 0 Å². The molecule has 0 amide bonds. The van der Waals surface area contributed by atoms with Crippen LogP contribution in [0.2, 0.25) is 0 Å². The zero-order valence-corrected chi connectivity index (χ0v) is 19.8. The van der Waals surface area contributed by atoms with E-state index >= 15 is 0 Å². The van der Waals surface area contributed by atoms with Crippen LogP contribution in [0.15, 0.2) is 35.6 Å². The maximum atomic E-state index is 5.60. The molecule has 0 aliphatic carbocycles. The first-order chi connectivity index (χ1) is 14.0. The van der Waals surface area contributed by atoms with Crippen LogP contribution in [0, 0.1) is 5.92 Å². The van der Waals surface area contributed by atoms with Gasteiger partial charge in [0.15, 0.2) is 0 Å². The third kappa shape index (κ3) is 14.5. The molecule has 1 fully saturated rings. The molecule has 1 saturated heterocycles. The van der Waals surface area contributed by atoms with Crippen molar-refractivity contribution in [2.45, 2.75) is 66.2 Å². The Hall–Kier alpha value is -1.10. The third-order valence-corrected chi connectivity index (χ3v) is 5.74. The first kappa shape index (κ1) is 25.9. The van der Waals surface area contributed by atoms with Crippen LogP contribution in [-0.2, 0) is 0 Å². The second kappa shape index (κ2) is 16.7. The Labute approximate surface area is 181 Å². The first-order valence-electron chi connectivity index (χ1n) is 11.9. The summed E-state index contributed by atoms with van der Waals surface area (Å²) in [5.41, 5.74) is 8.40. The monoisotopic (exact) mass is 404 g/mol. The van der Waals surface area contributed by atoms with Gasteiger partial charge in [-0.25, -0.2) is 0 Å². The van der Waals surface area contributed by atoms with Crippen LogP contribution in [0.5, 0.6) is 0 Å². The molecular weight excluding hydrogens is 356 g/mol. The Balaban J connectivity index is 2.03. The van der Waals surface area contributed by atoms with Crippen molar-refractivity contribution in [2.24, 2.45) is 11.7 Å². The molecule has 1 aliphatic heterocycles. The molecule has 3 N–H and O–H groups in total. The fourth-order valence-electron chi connectivity index (χ4n) is 3.69. The van der Waals surface area contributed by atoms with Gasteiger partial charge in [0, 0.05) is 32.7 Å². The number of nitrogens with zero attached hydrogens (tertiary/aromatic N) is 2. The summed E-state index contributed by atoms with van der Waals surface area (Å²) in [7, 11) is 0. The lowest BCUT2D eigenvalue weighted by molar-refractivity contribution is 0.131. The highest BCUT2D eigenvalue weighted by atomic mass is 15.3. The summed E-state index contributed by atoms with van der Waals surface area (Å²) in [5, 5.41) is 3.45. The van der Waals surface area contributed by atoms with E-state index in [1.807, 2.05) is 0 Å². The summed E-state index contributed by atoms with van der Waals surface area (Å²) in [4.78, 5) is 5.14. The second-order valence-corrected chi connectivity index (χ2v) is 8.96. The minimum absolute atomic E-state index is 0.805. The summed E-state index contributed by atoms with van der Waals surface area (Å²) >= 11 is 0. The molecule has 4 nitrogen and oxygen atoms in total. The van der Waals surface area contributed by atoms with E-state index in [-0.39, 0.29) is 0 Å². The van der Waals surface area contributed by atoms with Gasteiger partial charge < -0.3 is 20.9 Å². The van der Waals surface area contributed by atoms with Gasteiger partial charge in [0.05, 0.1) is 0 Å². The predicted molar refractivity (Wildman–Crippen MR) is 129 cm³/mol. The van der Waals surface area contributed by atoms with E-state index in [9.17, 15) is 0 Å². The first-order valence-corrected chi connectivity index (χ1v) is 11.9. The van der Waals surface area contributed by atoms with Gasteiger partial charge in [-0.3, -0.25) is 0 Å². The molecule has 0 aromatic rings. The fraction of sp³-hybridized carbons (Fsp3) is 0.760. The molecule has 29 heavy (non-hydrogen) atoms. The van der Waals surface area contributed by atoms with Crippen molar-refractivity contribution < 1.29 is 0 Å². The lowest BCUT2D eigenvalue weighted by Crippen LogP contribution is -2.47. The number of hydrogen-bond acceptors (Lipinski definition) is 4. The Morgan fingerprint density at radius 2 is 1.52 bits per heavy atom. The van der Waals surface area contributed by atoms with Crippen LogP contribution < -0.4 is 11.1 Å². The Morgan fingerprint density at radius 1 is 0.931 bits per heavy atom. The zero-order chi connectivity index (χ0) is 21.3. The van der Waals surface area contributed by atoms with E-state index in [2.05, 4.69) is 67.2 Å². The van der Waals surface area contributed by atoms with E-state index in [0.29, 0.717) is 0 Å². The Morgan fingerprint density at radius 3 is 2.10 bits per heavy atom. The number of hydrogen-bond donors (Lipinski definition) is 2. The third-order valence-electron chi connectivity index (χ3n) is 5.74. The van der Waals surface area contributed by atoms with Crippen LogP contribution in [0.1, 0.15) is 66.2 Å². The van der Waals surface area contributed by atoms with E-state index in [4.69, 9.17) is 5.73 Å². The molecule has 168 valence electrons. The maximum absolute atomic E-state index is 5.60. The number of piperazine rings is 1. The van der Waals surface area contributed by atoms with Gasteiger partial charge in [-0.1, -0.05) is 30.2 Å². The molecule has 0 saturated carbocycles. The molecule has 0 bridgehead atoms. The van der Waals surface area contributed by atoms with Crippen LogP contribution in [0.3, 0.4) is 0 Å². The predicted octanol–water partition coefficient (Wildman–Crippen LogP) is 4.56. The Bertz CT molecular complexity index is 483. The van der Waals surface area contributed by atoms with Gasteiger partial charge in [0.1, 0.15) is 0 Å². The van der Waals surface area contributed by atoms with Gasteiger partial charge in [-0.15, -0.1) is 0 Å². The molecule has 0 radical (unpaired) electrons. The molecule has 0 spiro atoms. The smallest absolute Gasteiger partial charge is 0.0153 e. The summed E-state index contributed by atoms with van der Waals surface area (Å²) in [6.45, 7) is 18.0. The molecule has 1 heterocycles. The molecule has 1 unspecified atom stereocenters. The standard InChI is InChI=1S/C25H48N4/c1-23(2)9-5-10-24(3)11-6-12-25(4)13-16-27-15-8-18-29-21-19-28(20-22-29)17-7-14-26/h9,12-13,16,24,27H,5-8,10-11,14-15,17-22,26H2,1-4H3. The SMILES string of the molecule is CC(C)=CCCC(C)CCC=C(C)C=CNCCCN1CCN(CCCN)CC1. The van der Waals surface area contributed by atoms with Crippen LogP contribution in [0.25, 0.3) is 0 Å². The van der Waals surface area contributed by atoms with Crippen LogP contribution in [0.4, 0.5) is 0 Å². The second-order valence-electron chi connectivity index (χ2n) is 8.96. The summed E-state index contributed by atoms with van der Waals surface area (Å²) < 4.78 is 0. The van der Waals surface area contributed by atoms with Gasteiger partial charge in [-0.05, 0) is 97.1 Å². The number of allylic oxidation sites excluding steroid dienone is 5. The summed E-state index contributed by atoms with van der Waals surface area (Å²) in [6.07, 6.45) is 16.4. The Kier molecular flexibility index (Phi) is 14.9. The van der Waals surface area contributed by atoms with Gasteiger partial charge >= 0.3 is 0 Å². The lowest BCUT2D eigenvalue weighted by Gasteiger charge is -2.34. The highest BCUT2D eigenvalue weighted by Crippen LogP contribution is 2.15. The van der Waals surface area contributed by atoms with Crippen molar-refractivity contribution in [2.75, 3.05) is 52.4 Å². The molecule has 1 aliphatic rings. The summed E-state index contributed by atoms with van der Waals surface area (Å²) in [6, 6.07) is 0. The van der Waals surface area contributed by atoms with Crippen LogP contribution in [-0.4, -0.2) is 62.2 Å². The quantitative estimate of drug-likeness (QED) is 0.239. The van der Waals surface area contributed by atoms with E-state index < -0.39 is 0 Å². The normalized spacial score (nSPS) is 17.6. The van der Waals surface area contributed by atoms with Crippen molar-refractivity contribution in [3.05, 3.63) is 35.6 Å². The zero-order valence-electron chi connectivity index (χ0n) is 19.8. The number of rotatable bonds is 15. The topological polar surface area (TPSA) is 44.5 Å². The fourth-order valence-corrected chi connectivity index (χ4v) is 3.69. The minimum atomic E-state index is 0.805. The summed E-state index contributed by atoms with van der Waals surface area (Å²) in [5.74, 6) is 0.805. The van der Waals surface area contributed by atoms with Crippen molar-refractivity contribution in [3.8, 4) is 0 Å². The number of nitrogens with one attached hydrogen (secondary N) is 1. The molecule has 0 aromatic heterocycles. The van der Waals surface area contributed by atoms with Gasteiger partial charge in [0.2, 0.25) is 0 Å². The van der Waals surface area contributed by atoms with Crippen molar-refractivity contribution in [1.82, 2.24) is 15.1 Å². The van der Waals surface area contributed by atoms with Crippen molar-refractivity contribution in [3.63, 3.8) is 0 Å². The van der Waals surface area contributed by atoms with E-state index in [0.717, 1.165) is 25.4 Å². The molecule has 1 rings (SSSR count). The van der Waals surface area contributed by atoms with Crippen molar-refractivity contribution >= 4 is 0 Å². The van der Waals surface area contributed by atoms with E-state index in [1.54, 1.807) is 0 Å². The average Bonchev–Trinajstić information content (AvgIpc) is 2.69. The van der Waals surface area contributed by atoms with E-state index in [1.165, 1.54) is 82.5 Å². The average molecular weight is 405 g/mol. The highest BCUT2D eigenvalue weighted by Gasteiger charge is 2.15. The molecule has 0 aromatic carbocycles. The van der Waals surface area contributed by atoms with Gasteiger partial charge in [-0.2, -0.15) is 0 Å².